The van der Waals surface area contributed by atoms with Crippen molar-refractivity contribution in [2.45, 2.75) is 40.2 Å². The fourth-order valence-electron chi connectivity index (χ4n) is 1.94. The van der Waals surface area contributed by atoms with Crippen LogP contribution in [0.1, 0.15) is 37.7 Å². The zero-order valence-corrected chi connectivity index (χ0v) is 9.22. The molecule has 0 fully saturated rings. The Morgan fingerprint density at radius 3 is 2.86 bits per heavy atom. The Morgan fingerprint density at radius 1 is 1.36 bits per heavy atom. The van der Waals surface area contributed by atoms with Crippen LogP contribution in [0.2, 0.25) is 0 Å². The molecule has 0 aromatic carbocycles. The summed E-state index contributed by atoms with van der Waals surface area (Å²) in [5, 5.41) is 0. The monoisotopic (exact) mass is 194 g/mol. The van der Waals surface area contributed by atoms with Crippen LogP contribution >= 0.6 is 0 Å². The maximum Gasteiger partial charge on any atom is 0.132 e. The number of ether oxygens (including phenoxy) is 1. The molecule has 0 saturated carbocycles. The molecule has 1 aromatic rings. The van der Waals surface area contributed by atoms with E-state index >= 15 is 0 Å². The molecular formula is C12H18O2. The number of furan rings is 1. The molecule has 2 heteroatoms. The van der Waals surface area contributed by atoms with E-state index in [1.54, 1.807) is 0 Å². The highest BCUT2D eigenvalue weighted by molar-refractivity contribution is 5.30. The molecule has 0 bridgehead atoms. The van der Waals surface area contributed by atoms with Crippen molar-refractivity contribution in [1.82, 2.24) is 0 Å². The Hall–Kier alpha value is -0.760. The Bertz CT molecular complexity index is 318. The summed E-state index contributed by atoms with van der Waals surface area (Å²) in [4.78, 5) is 0. The molecule has 0 spiro atoms. The first-order valence-electron chi connectivity index (χ1n) is 5.22. The Morgan fingerprint density at radius 2 is 2.14 bits per heavy atom. The third kappa shape index (κ3) is 2.01. The molecule has 78 valence electrons. The van der Waals surface area contributed by atoms with Gasteiger partial charge in [0.1, 0.15) is 12.4 Å². The Kier molecular flexibility index (Phi) is 2.40. The van der Waals surface area contributed by atoms with E-state index in [2.05, 4.69) is 20.8 Å². The van der Waals surface area contributed by atoms with Gasteiger partial charge in [0, 0.05) is 5.56 Å². The Balaban J connectivity index is 2.22. The van der Waals surface area contributed by atoms with E-state index in [9.17, 15) is 0 Å². The van der Waals surface area contributed by atoms with Crippen molar-refractivity contribution < 1.29 is 9.15 Å². The topological polar surface area (TPSA) is 22.4 Å². The predicted octanol–water partition coefficient (Wildman–Crippen LogP) is 2.94. The second-order valence-corrected chi connectivity index (χ2v) is 5.20. The van der Waals surface area contributed by atoms with E-state index in [1.807, 2.05) is 6.26 Å². The van der Waals surface area contributed by atoms with Gasteiger partial charge in [-0.15, -0.1) is 0 Å². The van der Waals surface area contributed by atoms with Gasteiger partial charge >= 0.3 is 0 Å². The van der Waals surface area contributed by atoms with Crippen molar-refractivity contribution in [3.8, 4) is 0 Å². The van der Waals surface area contributed by atoms with Crippen LogP contribution in [0.4, 0.5) is 0 Å². The Labute approximate surface area is 85.3 Å². The summed E-state index contributed by atoms with van der Waals surface area (Å²) in [6.45, 7) is 8.26. The zero-order valence-electron chi connectivity index (χ0n) is 9.22. The van der Waals surface area contributed by atoms with Crippen LogP contribution in [0.15, 0.2) is 10.7 Å². The minimum atomic E-state index is 0.329. The van der Waals surface area contributed by atoms with Crippen LogP contribution in [0, 0.1) is 5.41 Å². The first kappa shape index (κ1) is 9.78. The number of fused-ring (bicyclic) bond motifs is 1. The highest BCUT2D eigenvalue weighted by atomic mass is 16.5. The molecule has 2 nitrogen and oxygen atoms in total. The van der Waals surface area contributed by atoms with Crippen molar-refractivity contribution in [3.63, 3.8) is 0 Å². The molecule has 1 aliphatic heterocycles. The smallest absolute Gasteiger partial charge is 0.132 e. The highest BCUT2D eigenvalue weighted by Crippen LogP contribution is 2.28. The normalized spacial score (nSPS) is 16.8. The fourth-order valence-corrected chi connectivity index (χ4v) is 1.94. The highest BCUT2D eigenvalue weighted by Gasteiger charge is 2.21. The molecule has 2 heterocycles. The van der Waals surface area contributed by atoms with Crippen molar-refractivity contribution in [1.29, 1.82) is 0 Å². The van der Waals surface area contributed by atoms with Gasteiger partial charge in [0.05, 0.1) is 12.9 Å². The molecule has 0 unspecified atom stereocenters. The van der Waals surface area contributed by atoms with Crippen LogP contribution in [0.3, 0.4) is 0 Å². The lowest BCUT2D eigenvalue weighted by Crippen LogP contribution is -2.13. The van der Waals surface area contributed by atoms with E-state index in [1.165, 1.54) is 11.1 Å². The number of hydrogen-bond acceptors (Lipinski definition) is 2. The molecule has 0 saturated heterocycles. The second kappa shape index (κ2) is 3.43. The van der Waals surface area contributed by atoms with Gasteiger partial charge in [-0.25, -0.2) is 0 Å². The summed E-state index contributed by atoms with van der Waals surface area (Å²) in [5.74, 6) is 1.04. The molecule has 0 amide bonds. The van der Waals surface area contributed by atoms with E-state index in [0.29, 0.717) is 12.0 Å². The van der Waals surface area contributed by atoms with Crippen LogP contribution in [-0.2, 0) is 24.2 Å². The SMILES string of the molecule is CC(C)(C)Cc1coc2c1CCOC2. The van der Waals surface area contributed by atoms with Gasteiger partial charge in [-0.3, -0.25) is 0 Å². The summed E-state index contributed by atoms with van der Waals surface area (Å²) in [7, 11) is 0. The lowest BCUT2D eigenvalue weighted by molar-refractivity contribution is 0.0938. The van der Waals surface area contributed by atoms with Crippen molar-refractivity contribution >= 4 is 0 Å². The summed E-state index contributed by atoms with van der Waals surface area (Å²) < 4.78 is 10.9. The molecule has 0 aliphatic carbocycles. The number of rotatable bonds is 1. The lowest BCUT2D eigenvalue weighted by atomic mass is 9.87. The van der Waals surface area contributed by atoms with E-state index in [4.69, 9.17) is 9.15 Å². The molecule has 0 atom stereocenters. The van der Waals surface area contributed by atoms with Crippen LogP contribution in [0.5, 0.6) is 0 Å². The molecule has 0 N–H and O–H groups in total. The summed E-state index contributed by atoms with van der Waals surface area (Å²) in [6.07, 6.45) is 4.01. The van der Waals surface area contributed by atoms with Crippen molar-refractivity contribution in [3.05, 3.63) is 23.2 Å². The fraction of sp³-hybridized carbons (Fsp3) is 0.667. The van der Waals surface area contributed by atoms with Gasteiger partial charge < -0.3 is 9.15 Å². The molecule has 0 radical (unpaired) electrons. The van der Waals surface area contributed by atoms with Crippen LogP contribution in [-0.4, -0.2) is 6.61 Å². The average molecular weight is 194 g/mol. The van der Waals surface area contributed by atoms with Gasteiger partial charge in [-0.05, 0) is 23.8 Å². The average Bonchev–Trinajstić information content (AvgIpc) is 2.47. The standard InChI is InChI=1S/C12H18O2/c1-12(2,3)6-9-7-14-11-8-13-5-4-10(9)11/h7H,4-6,8H2,1-3H3. The first-order chi connectivity index (χ1) is 6.56. The summed E-state index contributed by atoms with van der Waals surface area (Å²) in [6, 6.07) is 0. The molecule has 1 aliphatic rings. The predicted molar refractivity (Wildman–Crippen MR) is 55.2 cm³/mol. The van der Waals surface area contributed by atoms with Crippen LogP contribution < -0.4 is 0 Å². The minimum absolute atomic E-state index is 0.329. The molecule has 2 rings (SSSR count). The van der Waals surface area contributed by atoms with E-state index in [0.717, 1.165) is 25.2 Å². The maximum atomic E-state index is 5.51. The summed E-state index contributed by atoms with van der Waals surface area (Å²) >= 11 is 0. The van der Waals surface area contributed by atoms with Gasteiger partial charge in [0.25, 0.3) is 0 Å². The number of hydrogen-bond donors (Lipinski definition) is 0. The lowest BCUT2D eigenvalue weighted by Gasteiger charge is -2.19. The molecular weight excluding hydrogens is 176 g/mol. The van der Waals surface area contributed by atoms with Gasteiger partial charge in [-0.1, -0.05) is 20.8 Å². The quantitative estimate of drug-likeness (QED) is 0.685. The zero-order chi connectivity index (χ0) is 10.2. The molecule has 1 aromatic heterocycles. The van der Waals surface area contributed by atoms with Crippen molar-refractivity contribution in [2.24, 2.45) is 5.41 Å². The van der Waals surface area contributed by atoms with Gasteiger partial charge in [-0.2, -0.15) is 0 Å². The van der Waals surface area contributed by atoms with E-state index < -0.39 is 0 Å². The van der Waals surface area contributed by atoms with E-state index in [-0.39, 0.29) is 0 Å². The van der Waals surface area contributed by atoms with Crippen LogP contribution in [0.25, 0.3) is 0 Å². The maximum absolute atomic E-state index is 5.51. The van der Waals surface area contributed by atoms with Gasteiger partial charge in [0.15, 0.2) is 0 Å². The minimum Gasteiger partial charge on any atom is -0.466 e. The third-order valence-electron chi connectivity index (χ3n) is 2.52. The van der Waals surface area contributed by atoms with Gasteiger partial charge in [0.2, 0.25) is 0 Å². The van der Waals surface area contributed by atoms with Crippen molar-refractivity contribution in [2.75, 3.05) is 6.61 Å². The largest absolute Gasteiger partial charge is 0.466 e. The summed E-state index contributed by atoms with van der Waals surface area (Å²) in [5.41, 5.74) is 3.10. The second-order valence-electron chi connectivity index (χ2n) is 5.20. The third-order valence-corrected chi connectivity index (χ3v) is 2.52. The first-order valence-corrected chi connectivity index (χ1v) is 5.22. The molecule has 14 heavy (non-hydrogen) atoms.